The Morgan fingerprint density at radius 1 is 1.77 bits per heavy atom. The summed E-state index contributed by atoms with van der Waals surface area (Å²) in [5.74, 6) is 0. The first-order chi connectivity index (χ1) is 6.24. The fraction of sp³-hybridized carbons (Fsp3) is 0.714. The van der Waals surface area contributed by atoms with Gasteiger partial charge in [0.05, 0.1) is 6.61 Å². The van der Waals surface area contributed by atoms with E-state index in [1.807, 2.05) is 11.9 Å². The van der Waals surface area contributed by atoms with E-state index in [0.29, 0.717) is 6.61 Å². The van der Waals surface area contributed by atoms with Crippen molar-refractivity contribution in [2.75, 3.05) is 32.2 Å². The number of ether oxygens (including phenoxy) is 1. The highest BCUT2D eigenvalue weighted by molar-refractivity contribution is 7.09. The predicted octanol–water partition coefficient (Wildman–Crippen LogP) is -0.0520. The number of hydrogen-bond donors (Lipinski definition) is 1. The number of nitrogens with zero attached hydrogens (tertiary/aromatic N) is 3. The molecule has 1 unspecified atom stereocenters. The molecule has 0 radical (unpaired) electrons. The molecular formula is C7H14N4OS. The van der Waals surface area contributed by atoms with Gasteiger partial charge in [0.15, 0.2) is 0 Å². The molecule has 1 aromatic heterocycles. The van der Waals surface area contributed by atoms with Gasteiger partial charge in [-0.2, -0.15) is 4.37 Å². The Morgan fingerprint density at radius 3 is 3.08 bits per heavy atom. The van der Waals surface area contributed by atoms with Crippen molar-refractivity contribution in [3.63, 3.8) is 0 Å². The Balaban J connectivity index is 2.37. The zero-order valence-corrected chi connectivity index (χ0v) is 8.62. The quantitative estimate of drug-likeness (QED) is 0.725. The molecule has 0 aromatic carbocycles. The number of likely N-dealkylation sites (N-methyl/N-ethyl adjacent to an activating group) is 1. The molecule has 0 spiro atoms. The molecule has 1 rings (SSSR count). The Labute approximate surface area is 81.7 Å². The third-order valence-corrected chi connectivity index (χ3v) is 2.35. The molecule has 0 saturated heterocycles. The van der Waals surface area contributed by atoms with Crippen LogP contribution in [0.1, 0.15) is 0 Å². The van der Waals surface area contributed by atoms with Crippen LogP contribution in [0.25, 0.3) is 0 Å². The van der Waals surface area contributed by atoms with Gasteiger partial charge in [0, 0.05) is 38.3 Å². The average Bonchev–Trinajstić information content (AvgIpc) is 2.55. The van der Waals surface area contributed by atoms with Crippen LogP contribution in [0.2, 0.25) is 0 Å². The average molecular weight is 202 g/mol. The maximum Gasteiger partial charge on any atom is 0.204 e. The molecule has 5 nitrogen and oxygen atoms in total. The maximum atomic E-state index is 5.78. The van der Waals surface area contributed by atoms with Crippen molar-refractivity contribution in [3.8, 4) is 0 Å². The Morgan fingerprint density at radius 2 is 2.54 bits per heavy atom. The number of aromatic nitrogens is 2. The Bertz CT molecular complexity index is 228. The predicted molar refractivity (Wildman–Crippen MR) is 53.0 cm³/mol. The van der Waals surface area contributed by atoms with E-state index in [1.165, 1.54) is 11.5 Å². The van der Waals surface area contributed by atoms with Crippen LogP contribution in [-0.2, 0) is 4.74 Å². The molecule has 0 amide bonds. The maximum absolute atomic E-state index is 5.78. The van der Waals surface area contributed by atoms with Gasteiger partial charge in [0.1, 0.15) is 6.33 Å². The highest BCUT2D eigenvalue weighted by Crippen LogP contribution is 2.11. The smallest absolute Gasteiger partial charge is 0.204 e. The van der Waals surface area contributed by atoms with Gasteiger partial charge in [-0.1, -0.05) is 0 Å². The van der Waals surface area contributed by atoms with Crippen LogP contribution in [-0.4, -0.2) is 42.7 Å². The van der Waals surface area contributed by atoms with Crippen molar-refractivity contribution < 1.29 is 4.74 Å². The summed E-state index contributed by atoms with van der Waals surface area (Å²) in [6, 6.07) is 0.0129. The molecule has 2 N–H and O–H groups in total. The largest absolute Gasteiger partial charge is 0.383 e. The first-order valence-corrected chi connectivity index (χ1v) is 4.73. The van der Waals surface area contributed by atoms with Crippen LogP contribution in [0.3, 0.4) is 0 Å². The second kappa shape index (κ2) is 5.11. The van der Waals surface area contributed by atoms with E-state index in [0.717, 1.165) is 11.7 Å². The van der Waals surface area contributed by atoms with Gasteiger partial charge >= 0.3 is 0 Å². The van der Waals surface area contributed by atoms with Gasteiger partial charge in [-0.15, -0.1) is 0 Å². The summed E-state index contributed by atoms with van der Waals surface area (Å²) in [5, 5.41) is 0.881. The molecule has 0 bridgehead atoms. The van der Waals surface area contributed by atoms with E-state index in [-0.39, 0.29) is 6.04 Å². The standard InChI is InChI=1S/C7H14N4OS/c1-11(3-6(8)4-12-2)7-9-5-10-13-7/h5-6H,3-4,8H2,1-2H3. The molecular weight excluding hydrogens is 188 g/mol. The van der Waals surface area contributed by atoms with Crippen molar-refractivity contribution >= 4 is 16.7 Å². The van der Waals surface area contributed by atoms with E-state index >= 15 is 0 Å². The van der Waals surface area contributed by atoms with Crippen molar-refractivity contribution in [2.24, 2.45) is 5.73 Å². The molecule has 0 aliphatic heterocycles. The van der Waals surface area contributed by atoms with E-state index in [9.17, 15) is 0 Å². The van der Waals surface area contributed by atoms with E-state index in [1.54, 1.807) is 13.4 Å². The van der Waals surface area contributed by atoms with Gasteiger partial charge in [-0.25, -0.2) is 4.98 Å². The topological polar surface area (TPSA) is 64.3 Å². The number of hydrogen-bond acceptors (Lipinski definition) is 6. The first-order valence-electron chi connectivity index (χ1n) is 3.96. The first kappa shape index (κ1) is 10.4. The minimum absolute atomic E-state index is 0.0129. The van der Waals surface area contributed by atoms with Crippen molar-refractivity contribution in [2.45, 2.75) is 6.04 Å². The normalized spacial score (nSPS) is 12.8. The molecule has 1 heterocycles. The molecule has 74 valence electrons. The van der Waals surface area contributed by atoms with Crippen LogP contribution >= 0.6 is 11.5 Å². The fourth-order valence-corrected chi connectivity index (χ4v) is 1.53. The van der Waals surface area contributed by atoms with Crippen LogP contribution in [0.15, 0.2) is 6.33 Å². The lowest BCUT2D eigenvalue weighted by atomic mass is 10.3. The van der Waals surface area contributed by atoms with Crippen molar-refractivity contribution in [1.82, 2.24) is 9.36 Å². The fourth-order valence-electron chi connectivity index (χ4n) is 1.03. The summed E-state index contributed by atoms with van der Waals surface area (Å²) in [4.78, 5) is 6.04. The zero-order chi connectivity index (χ0) is 9.68. The molecule has 0 saturated carbocycles. The second-order valence-electron chi connectivity index (χ2n) is 2.82. The molecule has 0 aliphatic carbocycles. The summed E-state index contributed by atoms with van der Waals surface area (Å²) < 4.78 is 8.85. The lowest BCUT2D eigenvalue weighted by Crippen LogP contribution is -2.38. The SMILES string of the molecule is COCC(N)CN(C)c1ncns1. The van der Waals surface area contributed by atoms with E-state index < -0.39 is 0 Å². The Hall–Kier alpha value is -0.720. The van der Waals surface area contributed by atoms with Gasteiger partial charge < -0.3 is 15.4 Å². The minimum Gasteiger partial charge on any atom is -0.383 e. The monoisotopic (exact) mass is 202 g/mol. The van der Waals surface area contributed by atoms with Crippen LogP contribution in [0.5, 0.6) is 0 Å². The number of anilines is 1. The summed E-state index contributed by atoms with van der Waals surface area (Å²) in [5.41, 5.74) is 5.78. The van der Waals surface area contributed by atoms with Gasteiger partial charge in [-0.05, 0) is 0 Å². The molecule has 1 atom stereocenters. The van der Waals surface area contributed by atoms with Gasteiger partial charge in [0.2, 0.25) is 5.13 Å². The summed E-state index contributed by atoms with van der Waals surface area (Å²) in [7, 11) is 3.58. The third-order valence-electron chi connectivity index (χ3n) is 1.57. The minimum atomic E-state index is 0.0129. The second-order valence-corrected chi connectivity index (χ2v) is 3.58. The van der Waals surface area contributed by atoms with Crippen LogP contribution in [0, 0.1) is 0 Å². The Kier molecular flexibility index (Phi) is 4.07. The van der Waals surface area contributed by atoms with Gasteiger partial charge in [-0.3, -0.25) is 0 Å². The van der Waals surface area contributed by atoms with Crippen LogP contribution < -0.4 is 10.6 Å². The molecule has 13 heavy (non-hydrogen) atoms. The number of nitrogens with two attached hydrogens (primary N) is 1. The molecule has 0 fully saturated rings. The lowest BCUT2D eigenvalue weighted by molar-refractivity contribution is 0.181. The number of methoxy groups -OCH3 is 1. The highest BCUT2D eigenvalue weighted by Gasteiger charge is 2.09. The number of rotatable bonds is 5. The summed E-state index contributed by atoms with van der Waals surface area (Å²) in [6.07, 6.45) is 1.54. The third kappa shape index (κ3) is 3.25. The molecule has 6 heteroatoms. The summed E-state index contributed by atoms with van der Waals surface area (Å²) in [6.45, 7) is 1.28. The molecule has 1 aromatic rings. The lowest BCUT2D eigenvalue weighted by Gasteiger charge is -2.19. The van der Waals surface area contributed by atoms with E-state index in [4.69, 9.17) is 10.5 Å². The van der Waals surface area contributed by atoms with Gasteiger partial charge in [0.25, 0.3) is 0 Å². The van der Waals surface area contributed by atoms with E-state index in [2.05, 4.69) is 9.36 Å². The van der Waals surface area contributed by atoms with Crippen LogP contribution in [0.4, 0.5) is 5.13 Å². The summed E-state index contributed by atoms with van der Waals surface area (Å²) >= 11 is 1.36. The highest BCUT2D eigenvalue weighted by atomic mass is 32.1. The van der Waals surface area contributed by atoms with Crippen molar-refractivity contribution in [3.05, 3.63) is 6.33 Å². The molecule has 0 aliphatic rings. The van der Waals surface area contributed by atoms with Crippen molar-refractivity contribution in [1.29, 1.82) is 0 Å². The zero-order valence-electron chi connectivity index (χ0n) is 7.80.